The van der Waals surface area contributed by atoms with Crippen molar-refractivity contribution in [3.8, 4) is 5.75 Å². The number of ether oxygens (including phenoxy) is 1. The van der Waals surface area contributed by atoms with Gasteiger partial charge in [-0.15, -0.1) is 0 Å². The maximum absolute atomic E-state index is 11.6. The van der Waals surface area contributed by atoms with Crippen molar-refractivity contribution in [1.29, 1.82) is 0 Å². The number of carbonyl (C=O) groups excluding carboxylic acids is 1. The van der Waals surface area contributed by atoms with Crippen LogP contribution in [0.3, 0.4) is 0 Å². The van der Waals surface area contributed by atoms with E-state index in [0.29, 0.717) is 5.69 Å². The van der Waals surface area contributed by atoms with Gasteiger partial charge in [0.1, 0.15) is 11.4 Å². The Labute approximate surface area is 171 Å². The van der Waals surface area contributed by atoms with Gasteiger partial charge in [0.25, 0.3) is 0 Å². The molecule has 0 aliphatic carbocycles. The molecule has 3 aliphatic rings. The van der Waals surface area contributed by atoms with Crippen molar-refractivity contribution in [1.82, 2.24) is 10.0 Å². The lowest BCUT2D eigenvalue weighted by Gasteiger charge is -2.48. The number of carbonyl (C=O) groups is 1. The van der Waals surface area contributed by atoms with Gasteiger partial charge in [-0.05, 0) is 56.7 Å². The SMILES string of the molecule is CC(=O)c1ccc(N2CN3CC=C4C(c5ccc(N)cc5OC4(C)C)N3C2)cc1. The first-order chi connectivity index (χ1) is 13.8. The summed E-state index contributed by atoms with van der Waals surface area (Å²) in [6, 6.07) is 14.0. The number of nitrogens with zero attached hydrogens (tertiary/aromatic N) is 3. The molecule has 150 valence electrons. The van der Waals surface area contributed by atoms with Gasteiger partial charge < -0.3 is 15.4 Å². The fourth-order valence-corrected chi connectivity index (χ4v) is 4.64. The standard InChI is InChI=1S/C23H26N4O2/c1-15(28)16-4-7-18(8-5-16)25-13-26-11-10-20-22(27(26)14-25)19-9-6-17(24)12-21(19)29-23(20,2)3/h4-10,12,22H,11,13-14,24H2,1-3H3. The summed E-state index contributed by atoms with van der Waals surface area (Å²) in [5, 5.41) is 4.79. The second-order valence-electron chi connectivity index (χ2n) is 8.53. The van der Waals surface area contributed by atoms with Crippen LogP contribution in [0.25, 0.3) is 0 Å². The third kappa shape index (κ3) is 2.91. The summed E-state index contributed by atoms with van der Waals surface area (Å²) >= 11 is 0. The summed E-state index contributed by atoms with van der Waals surface area (Å²) in [4.78, 5) is 13.9. The number of hydrazine groups is 1. The Kier molecular flexibility index (Phi) is 3.98. The van der Waals surface area contributed by atoms with Gasteiger partial charge in [-0.1, -0.05) is 12.1 Å². The molecule has 2 aromatic rings. The first-order valence-corrected chi connectivity index (χ1v) is 10.00. The molecule has 0 bridgehead atoms. The molecule has 2 aromatic carbocycles. The maximum atomic E-state index is 11.6. The predicted molar refractivity (Wildman–Crippen MR) is 114 cm³/mol. The van der Waals surface area contributed by atoms with Crippen LogP contribution < -0.4 is 15.4 Å². The number of anilines is 2. The molecule has 0 aromatic heterocycles. The molecule has 1 saturated heterocycles. The van der Waals surface area contributed by atoms with Crippen LogP contribution in [0, 0.1) is 0 Å². The third-order valence-corrected chi connectivity index (χ3v) is 6.16. The first kappa shape index (κ1) is 18.2. The van der Waals surface area contributed by atoms with Crippen molar-refractivity contribution in [2.45, 2.75) is 32.4 Å². The fourth-order valence-electron chi connectivity index (χ4n) is 4.64. The fraction of sp³-hybridized carbons (Fsp3) is 0.348. The van der Waals surface area contributed by atoms with Crippen molar-refractivity contribution in [2.24, 2.45) is 0 Å². The van der Waals surface area contributed by atoms with E-state index < -0.39 is 0 Å². The number of fused-ring (bicyclic) bond motifs is 5. The summed E-state index contributed by atoms with van der Waals surface area (Å²) < 4.78 is 6.33. The minimum absolute atomic E-state index is 0.0910. The van der Waals surface area contributed by atoms with Gasteiger partial charge in [0.15, 0.2) is 5.78 Å². The molecule has 6 heteroatoms. The van der Waals surface area contributed by atoms with Gasteiger partial charge in [0.2, 0.25) is 0 Å². The number of Topliss-reactive ketones (excluding diaryl/α,β-unsaturated/α-hetero) is 1. The van der Waals surface area contributed by atoms with Gasteiger partial charge in [-0.3, -0.25) is 4.79 Å². The highest BCUT2D eigenvalue weighted by molar-refractivity contribution is 5.94. The lowest BCUT2D eigenvalue weighted by atomic mass is 9.82. The highest BCUT2D eigenvalue weighted by atomic mass is 16.5. The average Bonchev–Trinajstić information content (AvgIpc) is 3.11. The van der Waals surface area contributed by atoms with Crippen LogP contribution in [-0.2, 0) is 0 Å². The normalized spacial score (nSPS) is 22.9. The lowest BCUT2D eigenvalue weighted by molar-refractivity contribution is -0.0296. The molecule has 5 rings (SSSR count). The van der Waals surface area contributed by atoms with Gasteiger partial charge >= 0.3 is 0 Å². The van der Waals surface area contributed by atoms with Crippen LogP contribution in [-0.4, -0.2) is 41.3 Å². The van der Waals surface area contributed by atoms with Crippen LogP contribution in [0.1, 0.15) is 42.7 Å². The van der Waals surface area contributed by atoms with E-state index in [1.165, 1.54) is 5.57 Å². The van der Waals surface area contributed by atoms with E-state index >= 15 is 0 Å². The van der Waals surface area contributed by atoms with Crippen molar-refractivity contribution >= 4 is 17.2 Å². The van der Waals surface area contributed by atoms with Crippen molar-refractivity contribution in [3.63, 3.8) is 0 Å². The number of nitrogens with two attached hydrogens (primary N) is 1. The van der Waals surface area contributed by atoms with Crippen LogP contribution in [0.4, 0.5) is 11.4 Å². The number of hydrogen-bond acceptors (Lipinski definition) is 6. The minimum atomic E-state index is -0.381. The maximum Gasteiger partial charge on any atom is 0.159 e. The highest BCUT2D eigenvalue weighted by Gasteiger charge is 2.47. The first-order valence-electron chi connectivity index (χ1n) is 10.00. The Morgan fingerprint density at radius 2 is 1.90 bits per heavy atom. The molecule has 0 amide bonds. The summed E-state index contributed by atoms with van der Waals surface area (Å²) in [5.41, 5.74) is 10.7. The summed E-state index contributed by atoms with van der Waals surface area (Å²) in [7, 11) is 0. The van der Waals surface area contributed by atoms with E-state index in [4.69, 9.17) is 10.5 Å². The monoisotopic (exact) mass is 390 g/mol. The second kappa shape index (κ2) is 6.34. The summed E-state index contributed by atoms with van der Waals surface area (Å²) in [6.45, 7) is 8.29. The minimum Gasteiger partial charge on any atom is -0.483 e. The van der Waals surface area contributed by atoms with E-state index in [1.54, 1.807) is 6.92 Å². The number of hydrogen-bond donors (Lipinski definition) is 1. The molecule has 0 saturated carbocycles. The van der Waals surface area contributed by atoms with Gasteiger partial charge in [-0.2, -0.15) is 0 Å². The van der Waals surface area contributed by atoms with Crippen LogP contribution in [0.5, 0.6) is 5.75 Å². The van der Waals surface area contributed by atoms with E-state index in [1.807, 2.05) is 36.4 Å². The summed E-state index contributed by atoms with van der Waals surface area (Å²) in [6.07, 6.45) is 2.31. The van der Waals surface area contributed by atoms with Crippen LogP contribution in [0.15, 0.2) is 54.1 Å². The Hall–Kier alpha value is -2.83. The topological polar surface area (TPSA) is 62.0 Å². The Morgan fingerprint density at radius 3 is 2.62 bits per heavy atom. The van der Waals surface area contributed by atoms with Crippen molar-refractivity contribution in [3.05, 3.63) is 65.2 Å². The molecular weight excluding hydrogens is 364 g/mol. The molecule has 2 N–H and O–H groups in total. The molecule has 1 atom stereocenters. The molecule has 3 aliphatic heterocycles. The quantitative estimate of drug-likeness (QED) is 0.480. The van der Waals surface area contributed by atoms with Crippen LogP contribution in [0.2, 0.25) is 0 Å². The van der Waals surface area contributed by atoms with Crippen molar-refractivity contribution < 1.29 is 9.53 Å². The average molecular weight is 390 g/mol. The number of benzene rings is 2. The number of ketones is 1. The highest BCUT2D eigenvalue weighted by Crippen LogP contribution is 2.49. The Morgan fingerprint density at radius 1 is 1.14 bits per heavy atom. The lowest BCUT2D eigenvalue weighted by Crippen LogP contribution is -2.51. The molecule has 1 unspecified atom stereocenters. The summed E-state index contributed by atoms with van der Waals surface area (Å²) in [5.74, 6) is 0.955. The van der Waals surface area contributed by atoms with Gasteiger partial charge in [0, 0.05) is 35.1 Å². The molecule has 0 radical (unpaired) electrons. The molecule has 6 nitrogen and oxygen atoms in total. The van der Waals surface area contributed by atoms with E-state index in [0.717, 1.165) is 42.4 Å². The molecule has 3 heterocycles. The number of nitrogen functional groups attached to an aromatic ring is 1. The zero-order valence-corrected chi connectivity index (χ0v) is 17.1. The zero-order valence-electron chi connectivity index (χ0n) is 17.1. The van der Waals surface area contributed by atoms with Gasteiger partial charge in [-0.25, -0.2) is 10.0 Å². The molecule has 29 heavy (non-hydrogen) atoms. The van der Waals surface area contributed by atoms with E-state index in [-0.39, 0.29) is 17.4 Å². The Bertz CT molecular complexity index is 1010. The molecule has 1 fully saturated rings. The zero-order chi connectivity index (χ0) is 20.3. The van der Waals surface area contributed by atoms with E-state index in [2.05, 4.69) is 40.9 Å². The van der Waals surface area contributed by atoms with Gasteiger partial charge in [0.05, 0.1) is 19.4 Å². The third-order valence-electron chi connectivity index (χ3n) is 6.16. The number of rotatable bonds is 2. The smallest absolute Gasteiger partial charge is 0.159 e. The predicted octanol–water partition coefficient (Wildman–Crippen LogP) is 3.58. The van der Waals surface area contributed by atoms with E-state index in [9.17, 15) is 4.79 Å². The largest absolute Gasteiger partial charge is 0.483 e. The molecule has 0 spiro atoms. The van der Waals surface area contributed by atoms with Crippen molar-refractivity contribution in [2.75, 3.05) is 30.5 Å². The van der Waals surface area contributed by atoms with Crippen LogP contribution >= 0.6 is 0 Å². The second-order valence-corrected chi connectivity index (χ2v) is 8.53. The Balaban J connectivity index is 1.49. The molecular formula is C23H26N4O2.